The number of nitrogens with zero attached hydrogens (tertiary/aromatic N) is 2. The van der Waals surface area contributed by atoms with Crippen LogP contribution in [0.25, 0.3) is 11.1 Å². The third kappa shape index (κ3) is 4.71. The standard InChI is InChI=1S/C24H19ClF2N2O3/c1-13(2)24(31)32-22-14(3)28-29(4)23(30)21(22)20-17(18(25)11-12-19(20)27)10-7-15-5-8-16(26)9-6-15/h5-6,8-9,11-13H,1-4H3. The van der Waals surface area contributed by atoms with Gasteiger partial charge in [0.25, 0.3) is 5.56 Å². The van der Waals surface area contributed by atoms with Crippen LogP contribution in [0, 0.1) is 36.3 Å². The molecule has 0 bridgehead atoms. The minimum Gasteiger partial charge on any atom is -0.423 e. The van der Waals surface area contributed by atoms with Crippen molar-refractivity contribution in [2.75, 3.05) is 0 Å². The van der Waals surface area contributed by atoms with Crippen LogP contribution in [-0.4, -0.2) is 15.7 Å². The Kier molecular flexibility index (Phi) is 6.75. The number of aromatic nitrogens is 2. The molecule has 3 rings (SSSR count). The normalized spacial score (nSPS) is 10.6. The van der Waals surface area contributed by atoms with Crippen molar-refractivity contribution in [3.8, 4) is 28.7 Å². The van der Waals surface area contributed by atoms with Crippen molar-refractivity contribution < 1.29 is 18.3 Å². The smallest absolute Gasteiger partial charge is 0.313 e. The maximum absolute atomic E-state index is 15.1. The zero-order valence-corrected chi connectivity index (χ0v) is 18.6. The SMILES string of the molecule is Cc1nn(C)c(=O)c(-c2c(F)ccc(Cl)c2C#Cc2ccc(F)cc2)c1OC(=O)C(C)C. The molecule has 0 unspecified atom stereocenters. The van der Waals surface area contributed by atoms with E-state index in [0.717, 1.165) is 10.7 Å². The third-order valence-corrected chi connectivity index (χ3v) is 4.88. The van der Waals surface area contributed by atoms with Gasteiger partial charge in [-0.3, -0.25) is 9.59 Å². The highest BCUT2D eigenvalue weighted by molar-refractivity contribution is 6.32. The lowest BCUT2D eigenvalue weighted by molar-refractivity contribution is -0.137. The lowest BCUT2D eigenvalue weighted by atomic mass is 9.98. The van der Waals surface area contributed by atoms with Crippen LogP contribution in [0.2, 0.25) is 5.02 Å². The van der Waals surface area contributed by atoms with Crippen LogP contribution in [0.15, 0.2) is 41.2 Å². The van der Waals surface area contributed by atoms with Gasteiger partial charge in [-0.1, -0.05) is 37.3 Å². The molecular formula is C24H19ClF2N2O3. The molecule has 3 aromatic rings. The fraction of sp³-hybridized carbons (Fsp3) is 0.208. The van der Waals surface area contributed by atoms with E-state index in [0.29, 0.717) is 5.56 Å². The molecule has 0 radical (unpaired) electrons. The number of halogens is 3. The number of benzene rings is 2. The summed E-state index contributed by atoms with van der Waals surface area (Å²) in [5.74, 6) is 3.11. The van der Waals surface area contributed by atoms with Gasteiger partial charge in [0.15, 0.2) is 5.75 Å². The molecule has 0 aliphatic heterocycles. The van der Waals surface area contributed by atoms with Crippen molar-refractivity contribution in [1.82, 2.24) is 9.78 Å². The molecule has 0 amide bonds. The fourth-order valence-electron chi connectivity index (χ4n) is 2.91. The van der Waals surface area contributed by atoms with Crippen LogP contribution in [0.5, 0.6) is 5.75 Å². The minimum absolute atomic E-state index is 0.0283. The zero-order chi connectivity index (χ0) is 23.6. The summed E-state index contributed by atoms with van der Waals surface area (Å²) in [6, 6.07) is 7.81. The Morgan fingerprint density at radius 1 is 1.09 bits per heavy atom. The van der Waals surface area contributed by atoms with E-state index in [1.807, 2.05) is 0 Å². The third-order valence-electron chi connectivity index (χ3n) is 4.57. The molecule has 0 atom stereocenters. The van der Waals surface area contributed by atoms with Crippen LogP contribution in [0.3, 0.4) is 0 Å². The maximum Gasteiger partial charge on any atom is 0.313 e. The van der Waals surface area contributed by atoms with Gasteiger partial charge in [-0.2, -0.15) is 5.10 Å². The highest BCUT2D eigenvalue weighted by atomic mass is 35.5. The molecule has 1 heterocycles. The highest BCUT2D eigenvalue weighted by Gasteiger charge is 2.26. The molecule has 1 aromatic heterocycles. The molecule has 0 saturated carbocycles. The largest absolute Gasteiger partial charge is 0.423 e. The molecular weight excluding hydrogens is 438 g/mol. The number of hydrogen-bond acceptors (Lipinski definition) is 4. The fourth-order valence-corrected chi connectivity index (χ4v) is 3.11. The number of carbonyl (C=O) groups is 1. The van der Waals surface area contributed by atoms with Crippen LogP contribution in [0.1, 0.15) is 30.7 Å². The summed E-state index contributed by atoms with van der Waals surface area (Å²) in [5, 5.41) is 4.15. The Labute approximate surface area is 188 Å². The Morgan fingerprint density at radius 3 is 2.38 bits per heavy atom. The zero-order valence-electron chi connectivity index (χ0n) is 17.8. The first kappa shape index (κ1) is 23.2. The Morgan fingerprint density at radius 2 is 1.75 bits per heavy atom. The van der Waals surface area contributed by atoms with E-state index in [-0.39, 0.29) is 33.2 Å². The van der Waals surface area contributed by atoms with Crippen LogP contribution >= 0.6 is 11.6 Å². The molecule has 0 aliphatic rings. The topological polar surface area (TPSA) is 61.2 Å². The summed E-state index contributed by atoms with van der Waals surface area (Å²) in [4.78, 5) is 25.3. The molecule has 0 aliphatic carbocycles. The molecule has 0 saturated heterocycles. The number of ether oxygens (including phenoxy) is 1. The second-order valence-corrected chi connectivity index (χ2v) is 7.74. The highest BCUT2D eigenvalue weighted by Crippen LogP contribution is 2.36. The lowest BCUT2D eigenvalue weighted by Crippen LogP contribution is -2.26. The quantitative estimate of drug-likeness (QED) is 0.425. The minimum atomic E-state index is -0.776. The van der Waals surface area contributed by atoms with Crippen LogP contribution in [0.4, 0.5) is 8.78 Å². The molecule has 0 fully saturated rings. The summed E-state index contributed by atoms with van der Waals surface area (Å²) in [6.07, 6.45) is 0. The van der Waals surface area contributed by atoms with Crippen molar-refractivity contribution in [3.63, 3.8) is 0 Å². The van der Waals surface area contributed by atoms with E-state index in [1.165, 1.54) is 44.3 Å². The van der Waals surface area contributed by atoms with Gasteiger partial charge >= 0.3 is 5.97 Å². The van der Waals surface area contributed by atoms with Gasteiger partial charge in [0.2, 0.25) is 0 Å². The molecule has 164 valence electrons. The Hall–Kier alpha value is -3.50. The van der Waals surface area contributed by atoms with E-state index in [2.05, 4.69) is 16.9 Å². The summed E-state index contributed by atoms with van der Waals surface area (Å²) in [6.45, 7) is 4.80. The van der Waals surface area contributed by atoms with Crippen molar-refractivity contribution in [2.24, 2.45) is 13.0 Å². The van der Waals surface area contributed by atoms with Crippen molar-refractivity contribution >= 4 is 17.6 Å². The van der Waals surface area contributed by atoms with E-state index in [9.17, 15) is 14.0 Å². The lowest BCUT2D eigenvalue weighted by Gasteiger charge is -2.16. The predicted molar refractivity (Wildman–Crippen MR) is 117 cm³/mol. The first-order valence-electron chi connectivity index (χ1n) is 9.65. The van der Waals surface area contributed by atoms with Gasteiger partial charge in [0, 0.05) is 18.2 Å². The van der Waals surface area contributed by atoms with E-state index in [1.54, 1.807) is 13.8 Å². The number of esters is 1. The number of rotatable bonds is 3. The van der Waals surface area contributed by atoms with Crippen molar-refractivity contribution in [3.05, 3.63) is 80.2 Å². The predicted octanol–water partition coefficient (Wildman–Crippen LogP) is 4.65. The number of carbonyl (C=O) groups excluding carboxylic acids is 1. The Bertz CT molecular complexity index is 1320. The molecule has 32 heavy (non-hydrogen) atoms. The summed E-state index contributed by atoms with van der Waals surface area (Å²) < 4.78 is 34.8. The van der Waals surface area contributed by atoms with Crippen LogP contribution in [-0.2, 0) is 11.8 Å². The van der Waals surface area contributed by atoms with E-state index in [4.69, 9.17) is 16.3 Å². The average molecular weight is 457 g/mol. The molecule has 2 aromatic carbocycles. The first-order chi connectivity index (χ1) is 15.1. The summed E-state index contributed by atoms with van der Waals surface area (Å²) in [5.41, 5.74) is -0.397. The maximum atomic E-state index is 15.1. The van der Waals surface area contributed by atoms with E-state index >= 15 is 4.39 Å². The molecule has 0 spiro atoms. The van der Waals surface area contributed by atoms with Gasteiger partial charge < -0.3 is 4.74 Å². The van der Waals surface area contributed by atoms with Crippen LogP contribution < -0.4 is 10.3 Å². The van der Waals surface area contributed by atoms with Gasteiger partial charge in [-0.05, 0) is 43.3 Å². The molecule has 5 nitrogen and oxygen atoms in total. The average Bonchev–Trinajstić information content (AvgIpc) is 2.74. The second-order valence-electron chi connectivity index (χ2n) is 7.33. The Balaban J connectivity index is 2.32. The van der Waals surface area contributed by atoms with Gasteiger partial charge in [0.05, 0.1) is 22.1 Å². The van der Waals surface area contributed by atoms with Gasteiger partial charge in [-0.15, -0.1) is 0 Å². The summed E-state index contributed by atoms with van der Waals surface area (Å²) >= 11 is 6.32. The van der Waals surface area contributed by atoms with E-state index < -0.39 is 29.1 Å². The summed E-state index contributed by atoms with van der Waals surface area (Å²) in [7, 11) is 1.40. The first-order valence-corrected chi connectivity index (χ1v) is 10.0. The van der Waals surface area contributed by atoms with Crippen molar-refractivity contribution in [1.29, 1.82) is 0 Å². The van der Waals surface area contributed by atoms with Gasteiger partial charge in [0.1, 0.15) is 17.3 Å². The van der Waals surface area contributed by atoms with Gasteiger partial charge in [-0.25, -0.2) is 13.5 Å². The monoisotopic (exact) mass is 456 g/mol. The number of hydrogen-bond donors (Lipinski definition) is 0. The molecule has 8 heteroatoms. The second kappa shape index (κ2) is 9.33. The molecule has 0 N–H and O–H groups in total. The number of aryl methyl sites for hydroxylation is 2. The van der Waals surface area contributed by atoms with Crippen molar-refractivity contribution in [2.45, 2.75) is 20.8 Å².